The lowest BCUT2D eigenvalue weighted by Crippen LogP contribution is -2.18. The quantitative estimate of drug-likeness (QED) is 0.849. The Morgan fingerprint density at radius 1 is 1.12 bits per heavy atom. The number of hydrogen-bond acceptors (Lipinski definition) is 4. The molecule has 124 valence electrons. The average molecular weight is 340 g/mol. The molecule has 5 heteroatoms. The summed E-state index contributed by atoms with van der Waals surface area (Å²) in [6.07, 6.45) is 2.73. The van der Waals surface area contributed by atoms with Gasteiger partial charge in [0.15, 0.2) is 0 Å². The van der Waals surface area contributed by atoms with Crippen molar-refractivity contribution in [3.05, 3.63) is 70.4 Å². The lowest BCUT2D eigenvalue weighted by atomic mass is 10.0. The fraction of sp³-hybridized carbons (Fsp3) is 0.316. The summed E-state index contributed by atoms with van der Waals surface area (Å²) in [5.74, 6) is 0.959. The molecule has 0 radical (unpaired) electrons. The van der Waals surface area contributed by atoms with E-state index in [1.807, 2.05) is 18.2 Å². The number of carbonyl (C=O) groups is 1. The Labute approximate surface area is 145 Å². The Hall–Kier alpha value is -1.98. The maximum Gasteiger partial charge on any atom is 0.271 e. The second-order valence-corrected chi connectivity index (χ2v) is 7.60. The van der Waals surface area contributed by atoms with Gasteiger partial charge in [-0.1, -0.05) is 54.2 Å². The third-order valence-corrected chi connectivity index (χ3v) is 5.53. The van der Waals surface area contributed by atoms with Gasteiger partial charge in [-0.05, 0) is 29.2 Å². The Bertz CT molecular complexity index is 750. The van der Waals surface area contributed by atoms with E-state index in [0.29, 0.717) is 5.06 Å². The molecule has 1 saturated heterocycles. The Balaban J connectivity index is 1.41. The van der Waals surface area contributed by atoms with Crippen LogP contribution < -0.4 is 4.74 Å². The van der Waals surface area contributed by atoms with Crippen LogP contribution in [-0.4, -0.2) is 28.2 Å². The SMILES string of the molecule is O=C1SC(Cc2ccc3c(c2)CC(Cc2ccccc2)O3)CN1[O-]. The van der Waals surface area contributed by atoms with E-state index in [4.69, 9.17) is 4.74 Å². The normalized spacial score (nSPS) is 22.5. The lowest BCUT2D eigenvalue weighted by molar-refractivity contribution is 0.233. The predicted molar refractivity (Wildman–Crippen MR) is 95.3 cm³/mol. The van der Waals surface area contributed by atoms with Gasteiger partial charge in [0.05, 0.1) is 0 Å². The summed E-state index contributed by atoms with van der Waals surface area (Å²) in [5, 5.41) is 11.5. The van der Waals surface area contributed by atoms with E-state index in [1.165, 1.54) is 16.7 Å². The van der Waals surface area contributed by atoms with Gasteiger partial charge in [0, 0.05) is 24.6 Å². The van der Waals surface area contributed by atoms with Crippen LogP contribution in [-0.2, 0) is 19.3 Å². The van der Waals surface area contributed by atoms with E-state index in [2.05, 4.69) is 30.3 Å². The van der Waals surface area contributed by atoms with E-state index in [9.17, 15) is 10.0 Å². The van der Waals surface area contributed by atoms with Crippen LogP contribution in [0.15, 0.2) is 48.5 Å². The van der Waals surface area contributed by atoms with Gasteiger partial charge >= 0.3 is 0 Å². The van der Waals surface area contributed by atoms with Gasteiger partial charge in [-0.2, -0.15) is 0 Å². The number of rotatable bonds is 4. The number of hydroxylamine groups is 2. The molecule has 2 aromatic rings. The van der Waals surface area contributed by atoms with E-state index in [-0.39, 0.29) is 23.1 Å². The van der Waals surface area contributed by atoms with Crippen LogP contribution in [0.25, 0.3) is 0 Å². The molecule has 24 heavy (non-hydrogen) atoms. The molecular formula is C19H18NO3S-. The average Bonchev–Trinajstić information content (AvgIpc) is 3.10. The second-order valence-electron chi connectivity index (χ2n) is 6.35. The Kier molecular flexibility index (Phi) is 4.21. The number of benzene rings is 2. The van der Waals surface area contributed by atoms with Crippen LogP contribution >= 0.6 is 11.8 Å². The number of ether oxygens (including phenoxy) is 1. The number of thioether (sulfide) groups is 1. The number of fused-ring (bicyclic) bond motifs is 1. The monoisotopic (exact) mass is 340 g/mol. The molecule has 4 rings (SSSR count). The van der Waals surface area contributed by atoms with Gasteiger partial charge < -0.3 is 15.0 Å². The molecule has 2 aliphatic heterocycles. The first-order valence-corrected chi connectivity index (χ1v) is 9.03. The molecular weight excluding hydrogens is 322 g/mol. The molecule has 2 atom stereocenters. The fourth-order valence-electron chi connectivity index (χ4n) is 3.36. The van der Waals surface area contributed by atoms with Gasteiger partial charge in [-0.3, -0.25) is 4.79 Å². The van der Waals surface area contributed by atoms with Gasteiger partial charge in [-0.15, -0.1) is 0 Å². The first kappa shape index (κ1) is 15.5. The largest absolute Gasteiger partial charge is 0.756 e. The van der Waals surface area contributed by atoms with Crippen molar-refractivity contribution in [3.8, 4) is 5.75 Å². The zero-order chi connectivity index (χ0) is 16.5. The molecule has 2 aliphatic rings. The number of hydrogen-bond donors (Lipinski definition) is 0. The number of amides is 1. The predicted octanol–water partition coefficient (Wildman–Crippen LogP) is 3.81. The summed E-state index contributed by atoms with van der Waals surface area (Å²) in [4.78, 5) is 11.3. The van der Waals surface area contributed by atoms with E-state index < -0.39 is 0 Å². The highest BCUT2D eigenvalue weighted by molar-refractivity contribution is 8.14. The summed E-state index contributed by atoms with van der Waals surface area (Å²) in [6.45, 7) is 0.285. The Morgan fingerprint density at radius 3 is 2.71 bits per heavy atom. The molecule has 2 heterocycles. The minimum Gasteiger partial charge on any atom is -0.756 e. The minimum absolute atomic E-state index is 0.0514. The highest BCUT2D eigenvalue weighted by atomic mass is 32.2. The molecule has 0 N–H and O–H groups in total. The topological polar surface area (TPSA) is 52.6 Å². The molecule has 0 saturated carbocycles. The van der Waals surface area contributed by atoms with Crippen LogP contribution in [0, 0.1) is 5.21 Å². The summed E-state index contributed by atoms with van der Waals surface area (Å²) < 4.78 is 6.05. The molecule has 0 aliphatic carbocycles. The lowest BCUT2D eigenvalue weighted by Gasteiger charge is -2.19. The van der Waals surface area contributed by atoms with Crippen molar-refractivity contribution >= 4 is 17.0 Å². The molecule has 0 bridgehead atoms. The second kappa shape index (κ2) is 6.49. The zero-order valence-corrected chi connectivity index (χ0v) is 14.0. The van der Waals surface area contributed by atoms with Crippen LogP contribution in [0.5, 0.6) is 5.75 Å². The third-order valence-electron chi connectivity index (χ3n) is 4.48. The third kappa shape index (κ3) is 3.28. The molecule has 1 amide bonds. The summed E-state index contributed by atoms with van der Waals surface area (Å²) in [6, 6.07) is 16.6. The van der Waals surface area contributed by atoms with Gasteiger partial charge in [0.25, 0.3) is 5.24 Å². The van der Waals surface area contributed by atoms with Crippen LogP contribution in [0.1, 0.15) is 16.7 Å². The van der Waals surface area contributed by atoms with Crippen LogP contribution in [0.4, 0.5) is 4.79 Å². The van der Waals surface area contributed by atoms with Crippen molar-refractivity contribution in [1.82, 2.24) is 5.06 Å². The fourth-order valence-corrected chi connectivity index (χ4v) is 4.32. The first-order valence-electron chi connectivity index (χ1n) is 8.15. The highest BCUT2D eigenvalue weighted by Gasteiger charge is 2.27. The van der Waals surface area contributed by atoms with Crippen molar-refractivity contribution in [2.24, 2.45) is 0 Å². The van der Waals surface area contributed by atoms with Gasteiger partial charge in [0.2, 0.25) is 0 Å². The van der Waals surface area contributed by atoms with E-state index >= 15 is 0 Å². The Morgan fingerprint density at radius 2 is 1.96 bits per heavy atom. The van der Waals surface area contributed by atoms with Gasteiger partial charge in [0.1, 0.15) is 11.9 Å². The molecule has 4 nitrogen and oxygen atoms in total. The number of nitrogens with zero attached hydrogens (tertiary/aromatic N) is 1. The van der Waals surface area contributed by atoms with Crippen molar-refractivity contribution in [2.75, 3.05) is 6.54 Å². The smallest absolute Gasteiger partial charge is 0.271 e. The highest BCUT2D eigenvalue weighted by Crippen LogP contribution is 2.33. The molecule has 2 unspecified atom stereocenters. The van der Waals surface area contributed by atoms with E-state index in [0.717, 1.165) is 36.8 Å². The molecule has 0 aromatic heterocycles. The summed E-state index contributed by atoms with van der Waals surface area (Å²) in [7, 11) is 0. The molecule has 2 aromatic carbocycles. The van der Waals surface area contributed by atoms with Crippen LogP contribution in [0.2, 0.25) is 0 Å². The zero-order valence-electron chi connectivity index (χ0n) is 13.2. The van der Waals surface area contributed by atoms with Gasteiger partial charge in [-0.25, -0.2) is 0 Å². The number of carbonyl (C=O) groups excluding carboxylic acids is 1. The minimum atomic E-state index is -0.368. The summed E-state index contributed by atoms with van der Waals surface area (Å²) >= 11 is 1.15. The maximum atomic E-state index is 11.3. The maximum absolute atomic E-state index is 11.3. The molecule has 0 spiro atoms. The standard InChI is InChI=1S/C19H18NO3S/c21-19-20(22)12-17(24-19)10-14-6-7-18-15(8-14)11-16(23-18)9-13-4-2-1-3-5-13/h1-8,16-17H,9-12H2/q-1. The van der Waals surface area contributed by atoms with Crippen molar-refractivity contribution in [2.45, 2.75) is 30.6 Å². The first-order chi connectivity index (χ1) is 11.7. The van der Waals surface area contributed by atoms with Crippen LogP contribution in [0.3, 0.4) is 0 Å². The molecule has 1 fully saturated rings. The van der Waals surface area contributed by atoms with E-state index in [1.54, 1.807) is 0 Å². The van der Waals surface area contributed by atoms with Crippen molar-refractivity contribution in [1.29, 1.82) is 0 Å². The van der Waals surface area contributed by atoms with Crippen molar-refractivity contribution < 1.29 is 9.53 Å². The van der Waals surface area contributed by atoms with Crippen molar-refractivity contribution in [3.63, 3.8) is 0 Å². The summed E-state index contributed by atoms with van der Waals surface area (Å²) in [5.41, 5.74) is 3.67.